The zero-order chi connectivity index (χ0) is 9.14. The van der Waals surface area contributed by atoms with Crippen molar-refractivity contribution < 1.29 is 14.2 Å². The molecule has 1 rings (SSSR count). The van der Waals surface area contributed by atoms with E-state index in [2.05, 4.69) is 4.29 Å². The molecule has 0 bridgehead atoms. The molecule has 0 saturated carbocycles. The molecule has 0 fully saturated rings. The second-order valence-corrected chi connectivity index (χ2v) is 2.56. The van der Waals surface area contributed by atoms with E-state index >= 15 is 0 Å². The van der Waals surface area contributed by atoms with E-state index in [0.29, 0.717) is 0 Å². The summed E-state index contributed by atoms with van der Waals surface area (Å²) in [6.45, 7) is 0. The molecule has 0 heterocycles. The number of halogens is 2. The Labute approximate surface area is 107 Å². The molecular weight excluding hydrogens is 226 g/mol. The van der Waals surface area contributed by atoms with Crippen molar-refractivity contribution in [1.29, 1.82) is 0 Å². The number of carbonyl (C=O) groups is 1. The monoisotopic (exact) mass is 230 g/mol. The van der Waals surface area contributed by atoms with Crippen LogP contribution in [0.3, 0.4) is 0 Å². The van der Waals surface area contributed by atoms with Crippen molar-refractivity contribution >= 4 is 59.0 Å². The number of carboxylic acids is 1. The third kappa shape index (κ3) is 3.04. The Morgan fingerprint density at radius 1 is 1.46 bits per heavy atom. The number of para-hydroxylation sites is 1. The van der Waals surface area contributed by atoms with Crippen LogP contribution in [0.5, 0.6) is 5.75 Å². The van der Waals surface area contributed by atoms with Gasteiger partial charge in [0, 0.05) is 0 Å². The first kappa shape index (κ1) is 13.1. The van der Waals surface area contributed by atoms with Gasteiger partial charge < -0.3 is 9.40 Å². The number of aromatic carboxylic acids is 1. The second-order valence-electron chi connectivity index (χ2n) is 2.00. The van der Waals surface area contributed by atoms with Crippen LogP contribution in [0, 0.1) is 0 Å². The van der Waals surface area contributed by atoms with Crippen molar-refractivity contribution in [3.8, 4) is 5.75 Å². The second kappa shape index (κ2) is 5.73. The maximum atomic E-state index is 10.5. The van der Waals surface area contributed by atoms with Gasteiger partial charge in [-0.3, -0.25) is 0 Å². The fourth-order valence-corrected chi connectivity index (χ4v) is 1.17. The van der Waals surface area contributed by atoms with Gasteiger partial charge in [-0.2, -0.15) is 0 Å². The number of hydrogen-bond acceptors (Lipinski definition) is 2. The third-order valence-electron chi connectivity index (χ3n) is 1.27. The molecule has 0 saturated heterocycles. The van der Waals surface area contributed by atoms with Crippen LogP contribution in [-0.4, -0.2) is 40.6 Å². The van der Waals surface area contributed by atoms with Gasteiger partial charge >= 0.3 is 35.5 Å². The van der Waals surface area contributed by atoms with Crippen LogP contribution in [0.25, 0.3) is 0 Å². The summed E-state index contributed by atoms with van der Waals surface area (Å²) in [6.07, 6.45) is 0. The fourth-order valence-electron chi connectivity index (χ4n) is 0.756. The molecule has 1 aromatic rings. The van der Waals surface area contributed by atoms with Crippen LogP contribution in [0.15, 0.2) is 18.2 Å². The Balaban J connectivity index is 0.00000144. The van der Waals surface area contributed by atoms with Gasteiger partial charge in [-0.15, -0.1) is 0 Å². The van der Waals surface area contributed by atoms with Crippen molar-refractivity contribution in [1.82, 2.24) is 0 Å². The molecule has 13 heavy (non-hydrogen) atoms. The molecular formula is C7H5Cl2NaO3. The summed E-state index contributed by atoms with van der Waals surface area (Å²) >= 11 is 10.6. The van der Waals surface area contributed by atoms with Gasteiger partial charge in [-0.05, 0) is 12.1 Å². The summed E-state index contributed by atoms with van der Waals surface area (Å²) in [6, 6.07) is 4.35. The standard InChI is InChI=1S/C7H4Cl2O3.Na.H/c8-5-3-1-2-4(7(10)11)6(5)12-9;;/h1-3H,(H,10,11);;. The minimum atomic E-state index is -1.13. The van der Waals surface area contributed by atoms with Gasteiger partial charge in [0.1, 0.15) is 17.4 Å². The Morgan fingerprint density at radius 3 is 2.46 bits per heavy atom. The van der Waals surface area contributed by atoms with E-state index < -0.39 is 5.97 Å². The fraction of sp³-hybridized carbons (Fsp3) is 0. The first-order valence-corrected chi connectivity index (χ1v) is 3.66. The summed E-state index contributed by atoms with van der Waals surface area (Å²) in [5, 5.41) is 8.80. The van der Waals surface area contributed by atoms with Gasteiger partial charge in [-0.1, -0.05) is 17.7 Å². The van der Waals surface area contributed by atoms with Crippen LogP contribution < -0.4 is 4.29 Å². The third-order valence-corrected chi connectivity index (χ3v) is 1.73. The SMILES string of the molecule is O=C(O)c1cccc(Cl)c1OCl.[NaH]. The van der Waals surface area contributed by atoms with Crippen LogP contribution in [0.2, 0.25) is 5.02 Å². The molecule has 1 aromatic carbocycles. The summed E-state index contributed by atoms with van der Waals surface area (Å²) in [7, 11) is 0. The molecule has 0 amide bonds. The molecule has 1 N–H and O–H groups in total. The average molecular weight is 231 g/mol. The van der Waals surface area contributed by atoms with E-state index in [1.54, 1.807) is 0 Å². The number of benzene rings is 1. The molecule has 0 radical (unpaired) electrons. The van der Waals surface area contributed by atoms with Crippen LogP contribution in [-0.2, 0) is 0 Å². The first-order valence-electron chi connectivity index (χ1n) is 2.97. The van der Waals surface area contributed by atoms with Gasteiger partial charge in [0.2, 0.25) is 0 Å². The molecule has 0 unspecified atom stereocenters. The van der Waals surface area contributed by atoms with E-state index in [9.17, 15) is 4.79 Å². The Morgan fingerprint density at radius 2 is 2.08 bits per heavy atom. The van der Waals surface area contributed by atoms with Gasteiger partial charge in [0.05, 0.1) is 5.02 Å². The quantitative estimate of drug-likeness (QED) is 0.791. The predicted octanol–water partition coefficient (Wildman–Crippen LogP) is 1.92. The van der Waals surface area contributed by atoms with Crippen molar-refractivity contribution in [3.63, 3.8) is 0 Å². The van der Waals surface area contributed by atoms with Gasteiger partial charge in [0.15, 0.2) is 5.75 Å². The minimum absolute atomic E-state index is 0. The summed E-state index contributed by atoms with van der Waals surface area (Å²) in [5.74, 6) is -1.17. The van der Waals surface area contributed by atoms with E-state index in [1.807, 2.05) is 0 Å². The molecule has 0 atom stereocenters. The normalized spacial score (nSPS) is 8.77. The van der Waals surface area contributed by atoms with Crippen LogP contribution >= 0.6 is 23.5 Å². The molecule has 0 spiro atoms. The van der Waals surface area contributed by atoms with Crippen LogP contribution in [0.4, 0.5) is 0 Å². The molecule has 6 heteroatoms. The van der Waals surface area contributed by atoms with Crippen LogP contribution in [0.1, 0.15) is 10.4 Å². The Bertz CT molecular complexity index is 317. The molecule has 0 aliphatic carbocycles. The molecule has 0 aromatic heterocycles. The topological polar surface area (TPSA) is 46.5 Å². The predicted molar refractivity (Wildman–Crippen MR) is 52.0 cm³/mol. The number of hydrogen-bond donors (Lipinski definition) is 1. The van der Waals surface area contributed by atoms with Gasteiger partial charge in [-0.25, -0.2) is 4.79 Å². The Hall–Kier alpha value is 0.0700. The summed E-state index contributed by atoms with van der Waals surface area (Å²) in [5.41, 5.74) is -0.0579. The number of rotatable bonds is 2. The van der Waals surface area contributed by atoms with E-state index in [-0.39, 0.29) is 45.9 Å². The van der Waals surface area contributed by atoms with E-state index in [4.69, 9.17) is 28.6 Å². The van der Waals surface area contributed by atoms with Crippen molar-refractivity contribution in [2.45, 2.75) is 0 Å². The molecule has 0 aliphatic heterocycles. The number of carboxylic acid groups (broad SMARTS) is 1. The average Bonchev–Trinajstić information content (AvgIpc) is 2.03. The molecule has 0 aliphatic rings. The van der Waals surface area contributed by atoms with Crippen molar-refractivity contribution in [3.05, 3.63) is 28.8 Å². The van der Waals surface area contributed by atoms with Gasteiger partial charge in [0.25, 0.3) is 0 Å². The molecule has 66 valence electrons. The van der Waals surface area contributed by atoms with Crippen molar-refractivity contribution in [2.24, 2.45) is 0 Å². The van der Waals surface area contributed by atoms with Crippen molar-refractivity contribution in [2.75, 3.05) is 0 Å². The summed E-state index contributed by atoms with van der Waals surface area (Å²) in [4.78, 5) is 10.5. The maximum absolute atomic E-state index is 10.5. The zero-order valence-corrected chi connectivity index (χ0v) is 7.26. The van der Waals surface area contributed by atoms with E-state index in [0.717, 1.165) is 0 Å². The van der Waals surface area contributed by atoms with E-state index in [1.165, 1.54) is 18.2 Å². The summed E-state index contributed by atoms with van der Waals surface area (Å²) < 4.78 is 4.30. The zero-order valence-electron chi connectivity index (χ0n) is 5.75. The Kier molecular flexibility index (Phi) is 5.76. The first-order chi connectivity index (χ1) is 5.66. The molecule has 3 nitrogen and oxygen atoms in total.